The van der Waals surface area contributed by atoms with Gasteiger partial charge >= 0.3 is 5.97 Å². The van der Waals surface area contributed by atoms with Gasteiger partial charge in [0.15, 0.2) is 5.96 Å². The first-order valence-electron chi connectivity index (χ1n) is 20.5. The number of alkyl halides is 2. The van der Waals surface area contributed by atoms with Crippen molar-refractivity contribution in [2.75, 3.05) is 31.5 Å². The SMILES string of the molecule is N#C[C@@H]1CC(F)(F)CN1C(=O)CNC(=O)c1ccnc2c(NC(=O)CCC(=O)N[C@@H](CCCN=C(N)N)C(=O)N[C@@H](Cc3ccccc3)C(=O)N[C@@H](CCCCN)C(=O)O)cccc12. The molecule has 1 aliphatic rings. The van der Waals surface area contributed by atoms with Crippen molar-refractivity contribution in [1.82, 2.24) is 31.2 Å². The van der Waals surface area contributed by atoms with Crippen LogP contribution in [-0.4, -0.2) is 119 Å². The summed E-state index contributed by atoms with van der Waals surface area (Å²) < 4.78 is 27.7. The highest BCUT2D eigenvalue weighted by Gasteiger charge is 2.47. The number of carboxylic acids is 1. The summed E-state index contributed by atoms with van der Waals surface area (Å²) in [6.07, 6.45) is 1.04. The highest BCUT2D eigenvalue weighted by Crippen LogP contribution is 2.31. The minimum Gasteiger partial charge on any atom is -0.480 e. The third-order valence-corrected chi connectivity index (χ3v) is 10.1. The van der Waals surface area contributed by atoms with E-state index in [-0.39, 0.29) is 66.8 Å². The molecule has 3 aromatic rings. The minimum atomic E-state index is -3.23. The van der Waals surface area contributed by atoms with Crippen LogP contribution in [0.25, 0.3) is 10.9 Å². The van der Waals surface area contributed by atoms with E-state index in [0.717, 1.165) is 4.90 Å². The molecule has 0 spiro atoms. The Hall–Kier alpha value is -7.28. The van der Waals surface area contributed by atoms with Crippen molar-refractivity contribution < 1.29 is 47.4 Å². The number of halogens is 2. The molecule has 0 aliphatic carbocycles. The molecule has 0 radical (unpaired) electrons. The predicted octanol–water partition coefficient (Wildman–Crippen LogP) is 0.407. The normalized spacial score (nSPS) is 15.4. The molecule has 4 atom stereocenters. The van der Waals surface area contributed by atoms with Gasteiger partial charge in [0.25, 0.3) is 11.8 Å². The summed E-state index contributed by atoms with van der Waals surface area (Å²) in [4.78, 5) is 100. The molecule has 342 valence electrons. The number of hydrogen-bond donors (Lipinski definition) is 9. The van der Waals surface area contributed by atoms with Gasteiger partial charge < -0.3 is 53.8 Å². The van der Waals surface area contributed by atoms with Gasteiger partial charge in [0.1, 0.15) is 24.2 Å². The number of carboxylic acid groups (broad SMARTS) is 1. The number of fused-ring (bicyclic) bond motifs is 1. The molecule has 6 amide bonds. The molecule has 4 rings (SSSR count). The van der Waals surface area contributed by atoms with Gasteiger partial charge in [-0.05, 0) is 56.3 Å². The summed E-state index contributed by atoms with van der Waals surface area (Å²) in [5, 5.41) is 32.1. The lowest BCUT2D eigenvalue weighted by atomic mass is 10.0. The lowest BCUT2D eigenvalue weighted by Gasteiger charge is -2.25. The van der Waals surface area contributed by atoms with E-state index >= 15 is 0 Å². The molecule has 22 heteroatoms. The number of aliphatic imine (C=N–C) groups is 1. The number of carbonyl (C=O) groups excluding carboxylic acids is 6. The van der Waals surface area contributed by atoms with Gasteiger partial charge in [-0.1, -0.05) is 42.5 Å². The van der Waals surface area contributed by atoms with Gasteiger partial charge in [0, 0.05) is 43.8 Å². The van der Waals surface area contributed by atoms with E-state index in [1.54, 1.807) is 36.4 Å². The van der Waals surface area contributed by atoms with Gasteiger partial charge in [-0.25, -0.2) is 13.6 Å². The first-order chi connectivity index (χ1) is 30.5. The van der Waals surface area contributed by atoms with Gasteiger partial charge in [-0.2, -0.15) is 5.26 Å². The Bertz CT molecular complexity index is 2240. The summed E-state index contributed by atoms with van der Waals surface area (Å²) in [7, 11) is 0. The van der Waals surface area contributed by atoms with Crippen molar-refractivity contribution in [3.63, 3.8) is 0 Å². The van der Waals surface area contributed by atoms with Crippen LogP contribution >= 0.6 is 0 Å². The fourth-order valence-corrected chi connectivity index (χ4v) is 6.85. The van der Waals surface area contributed by atoms with E-state index in [9.17, 15) is 52.7 Å². The Morgan fingerprint density at radius 2 is 1.58 bits per heavy atom. The van der Waals surface area contributed by atoms with Crippen molar-refractivity contribution in [2.45, 2.75) is 87.9 Å². The predicted molar refractivity (Wildman–Crippen MR) is 229 cm³/mol. The summed E-state index contributed by atoms with van der Waals surface area (Å²) in [6.45, 7) is -1.15. The topological polar surface area (TPSA) is 330 Å². The number of amides is 6. The molecule has 1 saturated heterocycles. The number of nitriles is 1. The van der Waals surface area contributed by atoms with Gasteiger partial charge in [-0.3, -0.25) is 38.7 Å². The number of hydrogen-bond acceptors (Lipinski definition) is 11. The van der Waals surface area contributed by atoms with Crippen LogP contribution in [0.1, 0.15) is 67.3 Å². The molecule has 1 aliphatic heterocycles. The van der Waals surface area contributed by atoms with E-state index in [2.05, 4.69) is 36.6 Å². The Balaban J connectivity index is 1.41. The number of unbranched alkanes of at least 4 members (excludes halogenated alkanes) is 1. The summed E-state index contributed by atoms with van der Waals surface area (Å²) >= 11 is 0. The number of nitrogens with two attached hydrogens (primary N) is 3. The van der Waals surface area contributed by atoms with Crippen LogP contribution in [0.15, 0.2) is 65.8 Å². The molecule has 12 N–H and O–H groups in total. The number of guanidine groups is 1. The summed E-state index contributed by atoms with van der Waals surface area (Å²) in [6, 6.07) is 11.2. The molecule has 1 aromatic heterocycles. The fraction of sp³-hybridized carbons (Fsp3) is 0.429. The quantitative estimate of drug-likeness (QED) is 0.0354. The zero-order chi connectivity index (χ0) is 46.8. The number of pyridine rings is 1. The van der Waals surface area contributed by atoms with Crippen molar-refractivity contribution in [3.05, 3.63) is 71.9 Å². The molecule has 0 saturated carbocycles. The Morgan fingerprint density at radius 1 is 0.891 bits per heavy atom. The molecular weight excluding hydrogens is 839 g/mol. The maximum Gasteiger partial charge on any atom is 0.326 e. The third kappa shape index (κ3) is 15.0. The number of aromatic nitrogens is 1. The van der Waals surface area contributed by atoms with Crippen molar-refractivity contribution in [2.24, 2.45) is 22.2 Å². The van der Waals surface area contributed by atoms with E-state index in [0.29, 0.717) is 24.9 Å². The van der Waals surface area contributed by atoms with Crippen LogP contribution in [0.3, 0.4) is 0 Å². The standard InChI is InChI=1S/C42H52F2N12O8/c43-42(44)21-26(22-46)56(24-42)35(59)23-51-37(60)28-16-19-49-36-27(28)10-6-12-29(36)52-33(57)14-15-34(58)53-30(13-7-18-50-41(47)48)38(61)55-32(20-25-8-2-1-3-9-25)39(62)54-31(40(63)64)11-4-5-17-45/h1-3,6,8-10,12,16,19,26,30-32H,4-5,7,11,13-15,17-18,20-21,23-24,45H2,(H,51,60)(H,52,57)(H,53,58)(H,54,62)(H,55,61)(H,63,64)(H4,47,48,50)/t26-,30-,31-,32-/m0/s1. The molecule has 2 heterocycles. The molecule has 64 heavy (non-hydrogen) atoms. The number of nitrogens with zero attached hydrogens (tertiary/aromatic N) is 4. The lowest BCUT2D eigenvalue weighted by Crippen LogP contribution is -2.56. The monoisotopic (exact) mass is 890 g/mol. The number of para-hydroxylation sites is 1. The van der Waals surface area contributed by atoms with Gasteiger partial charge in [0.05, 0.1) is 35.9 Å². The zero-order valence-corrected chi connectivity index (χ0v) is 34.9. The Labute approximate surface area is 366 Å². The maximum atomic E-state index is 13.9. The first kappa shape index (κ1) is 49.4. The van der Waals surface area contributed by atoms with Gasteiger partial charge in [0.2, 0.25) is 29.5 Å². The molecule has 0 bridgehead atoms. The molecule has 1 fully saturated rings. The Morgan fingerprint density at radius 3 is 2.27 bits per heavy atom. The molecule has 0 unspecified atom stereocenters. The number of rotatable bonds is 23. The summed E-state index contributed by atoms with van der Waals surface area (Å²) in [5.41, 5.74) is 17.5. The number of likely N-dealkylation sites (tertiary alicyclic amines) is 1. The Kier molecular flexibility index (Phi) is 18.4. The van der Waals surface area contributed by atoms with Crippen LogP contribution in [0.2, 0.25) is 0 Å². The highest BCUT2D eigenvalue weighted by molar-refractivity contribution is 6.11. The second-order valence-electron chi connectivity index (χ2n) is 15.0. The fourth-order valence-electron chi connectivity index (χ4n) is 6.85. The average Bonchev–Trinajstić information content (AvgIpc) is 3.59. The summed E-state index contributed by atoms with van der Waals surface area (Å²) in [5.74, 6) is -9.12. The van der Waals surface area contributed by atoms with Crippen LogP contribution < -0.4 is 43.8 Å². The molecule has 2 aromatic carbocycles. The minimum absolute atomic E-state index is 0.0104. The smallest absolute Gasteiger partial charge is 0.326 e. The second kappa shape index (κ2) is 23.8. The van der Waals surface area contributed by atoms with Crippen LogP contribution in [0.4, 0.5) is 14.5 Å². The lowest BCUT2D eigenvalue weighted by molar-refractivity contribution is -0.142. The highest BCUT2D eigenvalue weighted by atomic mass is 19.3. The van der Waals surface area contributed by atoms with Crippen LogP contribution in [-0.2, 0) is 35.2 Å². The number of nitrogens with one attached hydrogen (secondary N) is 5. The number of carbonyl (C=O) groups is 7. The molecule has 20 nitrogen and oxygen atoms in total. The zero-order valence-electron chi connectivity index (χ0n) is 34.9. The largest absolute Gasteiger partial charge is 0.480 e. The van der Waals surface area contributed by atoms with Gasteiger partial charge in [-0.15, -0.1) is 0 Å². The van der Waals surface area contributed by atoms with Crippen LogP contribution in [0.5, 0.6) is 0 Å². The number of benzene rings is 2. The number of anilines is 1. The third-order valence-electron chi connectivity index (χ3n) is 10.1. The molecular formula is C42H52F2N12O8. The van der Waals surface area contributed by atoms with E-state index in [1.807, 2.05) is 0 Å². The van der Waals surface area contributed by atoms with E-state index in [4.69, 9.17) is 17.2 Å². The first-order valence-corrected chi connectivity index (χ1v) is 20.5. The van der Waals surface area contributed by atoms with Crippen LogP contribution in [0, 0.1) is 11.3 Å². The average molecular weight is 891 g/mol. The number of aliphatic carboxylic acids is 1. The maximum absolute atomic E-state index is 13.9. The van der Waals surface area contributed by atoms with Crippen molar-refractivity contribution in [1.29, 1.82) is 5.26 Å². The van der Waals surface area contributed by atoms with Crippen molar-refractivity contribution in [3.8, 4) is 6.07 Å². The van der Waals surface area contributed by atoms with E-state index < -0.39 is 97.4 Å². The van der Waals surface area contributed by atoms with Crippen molar-refractivity contribution >= 4 is 64.0 Å². The van der Waals surface area contributed by atoms with E-state index in [1.165, 1.54) is 30.5 Å². The second-order valence-corrected chi connectivity index (χ2v) is 15.0.